The van der Waals surface area contributed by atoms with Crippen LogP contribution < -0.4 is 4.74 Å². The molecule has 4 heteroatoms. The average molecular weight is 349 g/mol. The maximum atomic E-state index is 5.96. The van der Waals surface area contributed by atoms with Gasteiger partial charge in [0.2, 0.25) is 0 Å². The zero-order valence-corrected chi connectivity index (χ0v) is 14.4. The van der Waals surface area contributed by atoms with E-state index >= 15 is 0 Å². The van der Waals surface area contributed by atoms with Crippen molar-refractivity contribution in [1.82, 2.24) is 9.55 Å². The summed E-state index contributed by atoms with van der Waals surface area (Å²) in [7, 11) is 0. The van der Waals surface area contributed by atoms with Gasteiger partial charge in [0, 0.05) is 41.1 Å². The molecular formula is C21H17ClN2O. The minimum absolute atomic E-state index is 0.541. The van der Waals surface area contributed by atoms with Gasteiger partial charge in [-0.15, -0.1) is 0 Å². The quantitative estimate of drug-likeness (QED) is 0.488. The number of hydrogen-bond acceptors (Lipinski definition) is 2. The molecule has 0 spiro atoms. The van der Waals surface area contributed by atoms with Gasteiger partial charge in [-0.1, -0.05) is 23.7 Å². The molecule has 4 rings (SSSR count). The predicted octanol–water partition coefficient (Wildman–Crippen LogP) is 5.32. The fourth-order valence-corrected chi connectivity index (χ4v) is 2.96. The summed E-state index contributed by atoms with van der Waals surface area (Å²) in [5.41, 5.74) is 3.52. The van der Waals surface area contributed by atoms with Crippen molar-refractivity contribution >= 4 is 22.5 Å². The number of halogens is 1. The highest BCUT2D eigenvalue weighted by Crippen LogP contribution is 2.24. The van der Waals surface area contributed by atoms with Crippen molar-refractivity contribution in [3.63, 3.8) is 0 Å². The molecule has 0 radical (unpaired) electrons. The SMILES string of the molecule is Clc1ccc(Cn2ccc3cc(OCc4ccncc4)ccc32)cc1. The lowest BCUT2D eigenvalue weighted by Gasteiger charge is -2.08. The zero-order valence-electron chi connectivity index (χ0n) is 13.6. The van der Waals surface area contributed by atoms with Crippen LogP contribution in [0.3, 0.4) is 0 Å². The van der Waals surface area contributed by atoms with Gasteiger partial charge in [-0.25, -0.2) is 0 Å². The van der Waals surface area contributed by atoms with E-state index in [9.17, 15) is 0 Å². The molecule has 0 amide bonds. The fraction of sp³-hybridized carbons (Fsp3) is 0.0952. The lowest BCUT2D eigenvalue weighted by molar-refractivity contribution is 0.306. The van der Waals surface area contributed by atoms with Gasteiger partial charge >= 0.3 is 0 Å². The molecule has 2 aromatic carbocycles. The molecule has 0 saturated heterocycles. The maximum absolute atomic E-state index is 5.96. The van der Waals surface area contributed by atoms with Crippen molar-refractivity contribution in [1.29, 1.82) is 0 Å². The van der Waals surface area contributed by atoms with Crippen LogP contribution in [0, 0.1) is 0 Å². The Hall–Kier alpha value is -2.78. The Kier molecular flexibility index (Phi) is 4.40. The smallest absolute Gasteiger partial charge is 0.120 e. The highest BCUT2D eigenvalue weighted by Gasteiger charge is 2.04. The molecule has 0 aliphatic rings. The average Bonchev–Trinajstić information content (AvgIpc) is 3.05. The number of ether oxygens (including phenoxy) is 1. The third kappa shape index (κ3) is 3.67. The third-order valence-corrected chi connectivity index (χ3v) is 4.42. The first-order chi connectivity index (χ1) is 12.3. The molecule has 3 nitrogen and oxygen atoms in total. The predicted molar refractivity (Wildman–Crippen MR) is 101 cm³/mol. The molecule has 0 fully saturated rings. The molecule has 0 saturated carbocycles. The van der Waals surface area contributed by atoms with Crippen LogP contribution in [-0.2, 0) is 13.2 Å². The first-order valence-electron chi connectivity index (χ1n) is 8.13. The first-order valence-corrected chi connectivity index (χ1v) is 8.51. The Morgan fingerprint density at radius 2 is 1.68 bits per heavy atom. The summed E-state index contributed by atoms with van der Waals surface area (Å²) in [6.45, 7) is 1.36. The Balaban J connectivity index is 1.51. The number of hydrogen-bond donors (Lipinski definition) is 0. The van der Waals surface area contributed by atoms with Gasteiger partial charge in [0.25, 0.3) is 0 Å². The summed E-state index contributed by atoms with van der Waals surface area (Å²) >= 11 is 5.96. The van der Waals surface area contributed by atoms with Gasteiger partial charge < -0.3 is 9.30 Å². The second kappa shape index (κ2) is 6.99. The molecular weight excluding hydrogens is 332 g/mol. The van der Waals surface area contributed by atoms with Crippen molar-refractivity contribution < 1.29 is 4.74 Å². The molecule has 4 aromatic rings. The fourth-order valence-electron chi connectivity index (χ4n) is 2.84. The largest absolute Gasteiger partial charge is 0.489 e. The van der Waals surface area contributed by atoms with Crippen molar-refractivity contribution in [2.24, 2.45) is 0 Å². The first kappa shape index (κ1) is 15.7. The Morgan fingerprint density at radius 3 is 2.48 bits per heavy atom. The van der Waals surface area contributed by atoms with Crippen LogP contribution in [0.5, 0.6) is 5.75 Å². The molecule has 25 heavy (non-hydrogen) atoms. The van der Waals surface area contributed by atoms with Gasteiger partial charge in [0.15, 0.2) is 0 Å². The van der Waals surface area contributed by atoms with E-state index in [4.69, 9.17) is 16.3 Å². The van der Waals surface area contributed by atoms with Crippen molar-refractivity contribution in [3.05, 3.63) is 95.4 Å². The molecule has 0 aliphatic carbocycles. The van der Waals surface area contributed by atoms with E-state index in [0.29, 0.717) is 6.61 Å². The standard InChI is InChI=1S/C21H17ClN2O/c22-19-3-1-16(2-4-19)14-24-12-9-18-13-20(5-6-21(18)24)25-15-17-7-10-23-11-8-17/h1-13H,14-15H2. The summed E-state index contributed by atoms with van der Waals surface area (Å²) in [4.78, 5) is 4.02. The highest BCUT2D eigenvalue weighted by molar-refractivity contribution is 6.30. The zero-order chi connectivity index (χ0) is 17.1. The molecule has 0 unspecified atom stereocenters. The van der Waals surface area contributed by atoms with Crippen molar-refractivity contribution in [3.8, 4) is 5.75 Å². The van der Waals surface area contributed by atoms with E-state index in [0.717, 1.165) is 22.9 Å². The van der Waals surface area contributed by atoms with Gasteiger partial charge in [-0.2, -0.15) is 0 Å². The van der Waals surface area contributed by atoms with Gasteiger partial charge in [0.05, 0.1) is 0 Å². The Labute approximate surface area is 151 Å². The second-order valence-corrected chi connectivity index (χ2v) is 6.37. The van der Waals surface area contributed by atoms with Crippen molar-refractivity contribution in [2.45, 2.75) is 13.2 Å². The molecule has 2 heterocycles. The van der Waals surface area contributed by atoms with Crippen LogP contribution in [0.4, 0.5) is 0 Å². The van der Waals surface area contributed by atoms with Crippen LogP contribution >= 0.6 is 11.6 Å². The summed E-state index contributed by atoms with van der Waals surface area (Å²) in [6, 6.07) is 20.2. The van der Waals surface area contributed by atoms with Crippen LogP contribution in [0.1, 0.15) is 11.1 Å². The van der Waals surface area contributed by atoms with Gasteiger partial charge in [-0.3, -0.25) is 4.98 Å². The number of benzene rings is 2. The van der Waals surface area contributed by atoms with E-state index in [2.05, 4.69) is 46.1 Å². The van der Waals surface area contributed by atoms with E-state index in [-0.39, 0.29) is 0 Å². The van der Waals surface area contributed by atoms with E-state index in [1.807, 2.05) is 30.3 Å². The van der Waals surface area contributed by atoms with E-state index in [1.165, 1.54) is 16.5 Å². The topological polar surface area (TPSA) is 27.1 Å². The van der Waals surface area contributed by atoms with Crippen LogP contribution in [0.15, 0.2) is 79.3 Å². The molecule has 0 atom stereocenters. The normalized spacial score (nSPS) is 10.9. The monoisotopic (exact) mass is 348 g/mol. The molecule has 2 aromatic heterocycles. The van der Waals surface area contributed by atoms with Gasteiger partial charge in [0.1, 0.15) is 12.4 Å². The molecule has 124 valence electrons. The lowest BCUT2D eigenvalue weighted by Crippen LogP contribution is -1.98. The minimum Gasteiger partial charge on any atom is -0.489 e. The maximum Gasteiger partial charge on any atom is 0.120 e. The van der Waals surface area contributed by atoms with Gasteiger partial charge in [-0.05, 0) is 59.7 Å². The number of pyridine rings is 1. The van der Waals surface area contributed by atoms with Crippen LogP contribution in [-0.4, -0.2) is 9.55 Å². The minimum atomic E-state index is 0.541. The molecule has 0 bridgehead atoms. The number of rotatable bonds is 5. The van der Waals surface area contributed by atoms with Crippen LogP contribution in [0.2, 0.25) is 5.02 Å². The number of nitrogens with zero attached hydrogens (tertiary/aromatic N) is 2. The Morgan fingerprint density at radius 1 is 0.880 bits per heavy atom. The summed E-state index contributed by atoms with van der Waals surface area (Å²) in [5, 5.41) is 1.93. The summed E-state index contributed by atoms with van der Waals surface area (Å²) in [6.07, 6.45) is 5.66. The van der Waals surface area contributed by atoms with Crippen molar-refractivity contribution in [2.75, 3.05) is 0 Å². The van der Waals surface area contributed by atoms with Crippen LogP contribution in [0.25, 0.3) is 10.9 Å². The third-order valence-electron chi connectivity index (χ3n) is 4.16. The van der Waals surface area contributed by atoms with E-state index in [1.54, 1.807) is 12.4 Å². The van der Waals surface area contributed by atoms with E-state index < -0.39 is 0 Å². The molecule has 0 aliphatic heterocycles. The summed E-state index contributed by atoms with van der Waals surface area (Å²) < 4.78 is 8.12. The lowest BCUT2D eigenvalue weighted by atomic mass is 10.2. The summed E-state index contributed by atoms with van der Waals surface area (Å²) in [5.74, 6) is 0.869. The second-order valence-electron chi connectivity index (χ2n) is 5.93. The highest BCUT2D eigenvalue weighted by atomic mass is 35.5. The number of aromatic nitrogens is 2. The number of fused-ring (bicyclic) bond motifs is 1. The Bertz CT molecular complexity index is 978. The molecule has 0 N–H and O–H groups in total.